The fourth-order valence-electron chi connectivity index (χ4n) is 2.33. The highest BCUT2D eigenvalue weighted by atomic mass is 16.5. The summed E-state index contributed by atoms with van der Waals surface area (Å²) in [7, 11) is 1.60. The molecule has 0 aliphatic heterocycles. The largest absolute Gasteiger partial charge is 0.496 e. The number of Topliss-reactive ketones (excluding diaryl/α,β-unsaturated/α-hetero) is 1. The van der Waals surface area contributed by atoms with Gasteiger partial charge in [0.1, 0.15) is 5.75 Å². The monoisotopic (exact) mass is 282 g/mol. The molecule has 0 N–H and O–H groups in total. The molecule has 0 amide bonds. The molecular formula is C19H22O2. The minimum absolute atomic E-state index is 0.0872. The Morgan fingerprint density at radius 3 is 2.33 bits per heavy atom. The van der Waals surface area contributed by atoms with Gasteiger partial charge in [-0.15, -0.1) is 0 Å². The summed E-state index contributed by atoms with van der Waals surface area (Å²) in [4.78, 5) is 12.4. The number of rotatable bonds is 5. The lowest BCUT2D eigenvalue weighted by atomic mass is 9.97. The van der Waals surface area contributed by atoms with E-state index in [0.717, 1.165) is 11.1 Å². The molecule has 2 nitrogen and oxygen atoms in total. The van der Waals surface area contributed by atoms with E-state index in [1.54, 1.807) is 7.11 Å². The Kier molecular flexibility index (Phi) is 4.79. The van der Waals surface area contributed by atoms with Crippen molar-refractivity contribution in [2.45, 2.75) is 33.1 Å². The molecule has 2 aromatic rings. The van der Waals surface area contributed by atoms with Crippen molar-refractivity contribution in [3.8, 4) is 5.75 Å². The van der Waals surface area contributed by atoms with E-state index in [1.165, 1.54) is 5.56 Å². The van der Waals surface area contributed by atoms with Gasteiger partial charge in [0.25, 0.3) is 0 Å². The van der Waals surface area contributed by atoms with Crippen molar-refractivity contribution in [2.24, 2.45) is 0 Å². The normalized spacial score (nSPS) is 10.7. The number of benzene rings is 2. The summed E-state index contributed by atoms with van der Waals surface area (Å²) < 4.78 is 5.31. The maximum absolute atomic E-state index is 12.4. The first kappa shape index (κ1) is 15.3. The summed E-state index contributed by atoms with van der Waals surface area (Å²) in [5, 5.41) is 0. The molecule has 21 heavy (non-hydrogen) atoms. The van der Waals surface area contributed by atoms with Crippen molar-refractivity contribution in [2.75, 3.05) is 7.11 Å². The first-order valence-electron chi connectivity index (χ1n) is 7.28. The number of hydrogen-bond donors (Lipinski definition) is 0. The number of methoxy groups -OCH3 is 1. The zero-order valence-corrected chi connectivity index (χ0v) is 13.1. The molecule has 0 atom stereocenters. The van der Waals surface area contributed by atoms with E-state index in [4.69, 9.17) is 4.74 Å². The number of ketones is 1. The molecule has 0 spiro atoms. The maximum Gasteiger partial charge on any atom is 0.170 e. The molecule has 2 aromatic carbocycles. The molecule has 0 aliphatic rings. The summed E-state index contributed by atoms with van der Waals surface area (Å²) in [5.74, 6) is 1.25. The van der Waals surface area contributed by atoms with Gasteiger partial charge in [0, 0.05) is 6.42 Å². The third-order valence-corrected chi connectivity index (χ3v) is 3.67. The predicted molar refractivity (Wildman–Crippen MR) is 86.3 cm³/mol. The Balaban J connectivity index is 2.18. The Morgan fingerprint density at radius 1 is 1.10 bits per heavy atom. The third kappa shape index (κ3) is 3.72. The SMILES string of the molecule is COc1cc(C)ccc1C(=O)Cc1ccc(C(C)C)cc1. The van der Waals surface area contributed by atoms with Gasteiger partial charge in [-0.2, -0.15) is 0 Å². The fraction of sp³-hybridized carbons (Fsp3) is 0.316. The van der Waals surface area contributed by atoms with E-state index in [1.807, 2.05) is 37.3 Å². The van der Waals surface area contributed by atoms with Crippen molar-refractivity contribution in [3.63, 3.8) is 0 Å². The average Bonchev–Trinajstić information content (AvgIpc) is 2.47. The van der Waals surface area contributed by atoms with Gasteiger partial charge >= 0.3 is 0 Å². The second-order valence-corrected chi connectivity index (χ2v) is 5.70. The molecule has 0 aromatic heterocycles. The molecule has 0 saturated carbocycles. The van der Waals surface area contributed by atoms with Crippen LogP contribution in [-0.2, 0) is 6.42 Å². The minimum atomic E-state index is 0.0872. The zero-order valence-electron chi connectivity index (χ0n) is 13.1. The molecule has 0 bridgehead atoms. The van der Waals surface area contributed by atoms with Crippen LogP contribution in [0.15, 0.2) is 42.5 Å². The van der Waals surface area contributed by atoms with Crippen molar-refractivity contribution in [1.82, 2.24) is 0 Å². The van der Waals surface area contributed by atoms with E-state index < -0.39 is 0 Å². The fourth-order valence-corrected chi connectivity index (χ4v) is 2.33. The van der Waals surface area contributed by atoms with Crippen LogP contribution in [0.5, 0.6) is 5.75 Å². The molecule has 110 valence electrons. The van der Waals surface area contributed by atoms with Crippen LogP contribution in [0.2, 0.25) is 0 Å². The highest BCUT2D eigenvalue weighted by molar-refractivity contribution is 6.00. The third-order valence-electron chi connectivity index (χ3n) is 3.67. The number of ether oxygens (including phenoxy) is 1. The van der Waals surface area contributed by atoms with Gasteiger partial charge in [0.2, 0.25) is 0 Å². The van der Waals surface area contributed by atoms with Crippen molar-refractivity contribution in [3.05, 3.63) is 64.7 Å². The van der Waals surface area contributed by atoms with E-state index in [9.17, 15) is 4.79 Å². The highest BCUT2D eigenvalue weighted by Gasteiger charge is 2.13. The molecule has 0 radical (unpaired) electrons. The lowest BCUT2D eigenvalue weighted by Crippen LogP contribution is -2.06. The lowest BCUT2D eigenvalue weighted by molar-refractivity contribution is 0.0990. The summed E-state index contributed by atoms with van der Waals surface area (Å²) in [5.41, 5.74) is 4.06. The van der Waals surface area contributed by atoms with Crippen LogP contribution in [0.4, 0.5) is 0 Å². The molecule has 2 rings (SSSR count). The summed E-state index contributed by atoms with van der Waals surface area (Å²) in [6.45, 7) is 6.32. The number of carbonyl (C=O) groups is 1. The van der Waals surface area contributed by atoms with Crippen molar-refractivity contribution >= 4 is 5.78 Å². The van der Waals surface area contributed by atoms with Crippen LogP contribution in [0.25, 0.3) is 0 Å². The second kappa shape index (κ2) is 6.57. The predicted octanol–water partition coefficient (Wildman–Crippen LogP) is 4.55. The molecule has 0 aliphatic carbocycles. The van der Waals surface area contributed by atoms with Crippen molar-refractivity contribution in [1.29, 1.82) is 0 Å². The van der Waals surface area contributed by atoms with Crippen LogP contribution in [0.3, 0.4) is 0 Å². The van der Waals surface area contributed by atoms with Gasteiger partial charge in [0.15, 0.2) is 5.78 Å². The topological polar surface area (TPSA) is 26.3 Å². The first-order valence-corrected chi connectivity index (χ1v) is 7.28. The van der Waals surface area contributed by atoms with Gasteiger partial charge < -0.3 is 4.74 Å². The van der Waals surface area contributed by atoms with Crippen molar-refractivity contribution < 1.29 is 9.53 Å². The van der Waals surface area contributed by atoms with Gasteiger partial charge in [-0.05, 0) is 41.7 Å². The van der Waals surface area contributed by atoms with Gasteiger partial charge in [-0.3, -0.25) is 4.79 Å². The molecule has 0 fully saturated rings. The van der Waals surface area contributed by atoms with E-state index >= 15 is 0 Å². The summed E-state index contributed by atoms with van der Waals surface area (Å²) in [6.07, 6.45) is 0.401. The Bertz CT molecular complexity index is 625. The quantitative estimate of drug-likeness (QED) is 0.752. The summed E-state index contributed by atoms with van der Waals surface area (Å²) in [6, 6.07) is 14.0. The van der Waals surface area contributed by atoms with Crippen LogP contribution >= 0.6 is 0 Å². The van der Waals surface area contributed by atoms with Gasteiger partial charge in [-0.1, -0.05) is 44.2 Å². The molecule has 2 heteroatoms. The van der Waals surface area contributed by atoms with E-state index in [0.29, 0.717) is 23.7 Å². The Morgan fingerprint density at radius 2 is 1.76 bits per heavy atom. The second-order valence-electron chi connectivity index (χ2n) is 5.70. The smallest absolute Gasteiger partial charge is 0.170 e. The molecule has 0 saturated heterocycles. The number of aryl methyl sites for hydroxylation is 1. The Labute approximate surface area is 126 Å². The van der Waals surface area contributed by atoms with Gasteiger partial charge in [0.05, 0.1) is 12.7 Å². The first-order chi connectivity index (χ1) is 10.0. The molecular weight excluding hydrogens is 260 g/mol. The maximum atomic E-state index is 12.4. The minimum Gasteiger partial charge on any atom is -0.496 e. The number of carbonyl (C=O) groups excluding carboxylic acids is 1. The molecule has 0 heterocycles. The summed E-state index contributed by atoms with van der Waals surface area (Å²) >= 11 is 0. The lowest BCUT2D eigenvalue weighted by Gasteiger charge is -2.10. The standard InChI is InChI=1S/C19H22O2/c1-13(2)16-8-6-15(7-9-16)12-18(20)17-10-5-14(3)11-19(17)21-4/h5-11,13H,12H2,1-4H3. The molecule has 0 unspecified atom stereocenters. The van der Waals surface area contributed by atoms with Crippen LogP contribution in [0, 0.1) is 6.92 Å². The van der Waals surface area contributed by atoms with Crippen LogP contribution in [-0.4, -0.2) is 12.9 Å². The van der Waals surface area contributed by atoms with Crippen LogP contribution < -0.4 is 4.74 Å². The highest BCUT2D eigenvalue weighted by Crippen LogP contribution is 2.22. The average molecular weight is 282 g/mol. The van der Waals surface area contributed by atoms with Crippen LogP contribution in [0.1, 0.15) is 46.8 Å². The number of hydrogen-bond acceptors (Lipinski definition) is 2. The van der Waals surface area contributed by atoms with E-state index in [2.05, 4.69) is 26.0 Å². The van der Waals surface area contributed by atoms with Gasteiger partial charge in [-0.25, -0.2) is 0 Å². The Hall–Kier alpha value is -2.09. The zero-order chi connectivity index (χ0) is 15.4. The van der Waals surface area contributed by atoms with E-state index in [-0.39, 0.29) is 5.78 Å².